The standard InChI is InChI=1S/C22H18F3N3O3/c1-2-31-19-9-8-16(22(23,24)25)12-18(19)28-20(29)14-5-3-7-17(11-14)27-21(30)15-6-4-10-26-13-15/h3-13H,2H2,1H3,(H,27,30)(H,28,29). The monoisotopic (exact) mass is 429 g/mol. The molecule has 0 saturated heterocycles. The number of benzene rings is 2. The summed E-state index contributed by atoms with van der Waals surface area (Å²) in [5.74, 6) is -0.954. The van der Waals surface area contributed by atoms with E-state index in [2.05, 4.69) is 15.6 Å². The van der Waals surface area contributed by atoms with Crippen molar-refractivity contribution >= 4 is 23.2 Å². The van der Waals surface area contributed by atoms with E-state index in [1.165, 1.54) is 24.5 Å². The second kappa shape index (κ2) is 9.29. The van der Waals surface area contributed by atoms with Gasteiger partial charge in [-0.1, -0.05) is 6.07 Å². The number of carbonyl (C=O) groups excluding carboxylic acids is 2. The molecule has 0 aliphatic carbocycles. The number of ether oxygens (including phenoxy) is 1. The zero-order valence-corrected chi connectivity index (χ0v) is 16.4. The molecule has 3 rings (SSSR count). The van der Waals surface area contributed by atoms with Crippen molar-refractivity contribution in [3.63, 3.8) is 0 Å². The van der Waals surface area contributed by atoms with Crippen LogP contribution in [0.25, 0.3) is 0 Å². The summed E-state index contributed by atoms with van der Waals surface area (Å²) in [6, 6.07) is 12.1. The maximum Gasteiger partial charge on any atom is 0.416 e. The van der Waals surface area contributed by atoms with Gasteiger partial charge in [-0.05, 0) is 55.5 Å². The third-order valence-electron chi connectivity index (χ3n) is 4.16. The summed E-state index contributed by atoms with van der Waals surface area (Å²) >= 11 is 0. The van der Waals surface area contributed by atoms with Crippen LogP contribution in [-0.4, -0.2) is 23.4 Å². The van der Waals surface area contributed by atoms with Gasteiger partial charge in [0, 0.05) is 23.6 Å². The molecule has 1 heterocycles. The van der Waals surface area contributed by atoms with E-state index in [1.54, 1.807) is 31.2 Å². The first kappa shape index (κ1) is 21.8. The molecule has 2 N–H and O–H groups in total. The van der Waals surface area contributed by atoms with Gasteiger partial charge in [-0.25, -0.2) is 0 Å². The van der Waals surface area contributed by atoms with Gasteiger partial charge in [0.25, 0.3) is 11.8 Å². The van der Waals surface area contributed by atoms with Crippen molar-refractivity contribution in [1.29, 1.82) is 0 Å². The molecule has 9 heteroatoms. The van der Waals surface area contributed by atoms with Crippen LogP contribution in [0.2, 0.25) is 0 Å². The summed E-state index contributed by atoms with van der Waals surface area (Å²) in [4.78, 5) is 28.8. The van der Waals surface area contributed by atoms with Crippen molar-refractivity contribution in [2.45, 2.75) is 13.1 Å². The molecule has 2 amide bonds. The molecule has 2 aromatic carbocycles. The first-order valence-electron chi connectivity index (χ1n) is 9.24. The van der Waals surface area contributed by atoms with Crippen molar-refractivity contribution in [3.05, 3.63) is 83.7 Å². The smallest absolute Gasteiger partial charge is 0.416 e. The largest absolute Gasteiger partial charge is 0.492 e. The Balaban J connectivity index is 1.81. The van der Waals surface area contributed by atoms with Crippen molar-refractivity contribution in [2.24, 2.45) is 0 Å². The molecule has 0 radical (unpaired) electrons. The molecule has 31 heavy (non-hydrogen) atoms. The fourth-order valence-corrected chi connectivity index (χ4v) is 2.72. The zero-order valence-electron chi connectivity index (χ0n) is 16.4. The topological polar surface area (TPSA) is 80.3 Å². The molecule has 0 saturated carbocycles. The van der Waals surface area contributed by atoms with Gasteiger partial charge in [-0.15, -0.1) is 0 Å². The highest BCUT2D eigenvalue weighted by Gasteiger charge is 2.31. The van der Waals surface area contributed by atoms with Gasteiger partial charge in [0.2, 0.25) is 0 Å². The van der Waals surface area contributed by atoms with Crippen LogP contribution >= 0.6 is 0 Å². The molecule has 0 bridgehead atoms. The lowest BCUT2D eigenvalue weighted by atomic mass is 10.1. The van der Waals surface area contributed by atoms with Crippen LogP contribution in [0.1, 0.15) is 33.2 Å². The SMILES string of the molecule is CCOc1ccc(C(F)(F)F)cc1NC(=O)c1cccc(NC(=O)c2cccnc2)c1. The van der Waals surface area contributed by atoms with Crippen LogP contribution in [0.5, 0.6) is 5.75 Å². The highest BCUT2D eigenvalue weighted by Crippen LogP contribution is 2.35. The number of hydrogen-bond donors (Lipinski definition) is 2. The third kappa shape index (κ3) is 5.59. The van der Waals surface area contributed by atoms with Gasteiger partial charge in [-0.2, -0.15) is 13.2 Å². The summed E-state index contributed by atoms with van der Waals surface area (Å²) in [7, 11) is 0. The Morgan fingerprint density at radius 2 is 1.71 bits per heavy atom. The third-order valence-corrected chi connectivity index (χ3v) is 4.16. The number of hydrogen-bond acceptors (Lipinski definition) is 4. The fraction of sp³-hybridized carbons (Fsp3) is 0.136. The van der Waals surface area contributed by atoms with Gasteiger partial charge in [-0.3, -0.25) is 14.6 Å². The number of nitrogens with one attached hydrogen (secondary N) is 2. The molecule has 1 aromatic heterocycles. The van der Waals surface area contributed by atoms with E-state index in [9.17, 15) is 22.8 Å². The van der Waals surface area contributed by atoms with Crippen LogP contribution in [0.4, 0.5) is 24.5 Å². The van der Waals surface area contributed by atoms with Gasteiger partial charge >= 0.3 is 6.18 Å². The molecule has 0 aliphatic heterocycles. The summed E-state index contributed by atoms with van der Waals surface area (Å²) in [5, 5.41) is 5.10. The van der Waals surface area contributed by atoms with Crippen molar-refractivity contribution < 1.29 is 27.5 Å². The maximum absolute atomic E-state index is 13.1. The quantitative estimate of drug-likeness (QED) is 0.578. The van der Waals surface area contributed by atoms with Crippen LogP contribution in [-0.2, 0) is 6.18 Å². The van der Waals surface area contributed by atoms with Crippen molar-refractivity contribution in [2.75, 3.05) is 17.2 Å². The minimum Gasteiger partial charge on any atom is -0.492 e. The number of carbonyl (C=O) groups is 2. The van der Waals surface area contributed by atoms with Gasteiger partial charge in [0.1, 0.15) is 5.75 Å². The Labute approximate surface area is 176 Å². The number of alkyl halides is 3. The zero-order chi connectivity index (χ0) is 22.4. The molecule has 6 nitrogen and oxygen atoms in total. The summed E-state index contributed by atoms with van der Waals surface area (Å²) in [6.07, 6.45) is -1.64. The molecular weight excluding hydrogens is 411 g/mol. The van der Waals surface area contributed by atoms with E-state index >= 15 is 0 Å². The van der Waals surface area contributed by atoms with Crippen LogP contribution in [0.3, 0.4) is 0 Å². The van der Waals surface area contributed by atoms with Crippen LogP contribution < -0.4 is 15.4 Å². The predicted octanol–water partition coefficient (Wildman–Crippen LogP) is 5.00. The summed E-state index contributed by atoms with van der Waals surface area (Å²) in [6.45, 7) is 1.89. The minimum absolute atomic E-state index is 0.105. The van der Waals surface area contributed by atoms with Crippen molar-refractivity contribution in [1.82, 2.24) is 4.98 Å². The Morgan fingerprint density at radius 1 is 0.968 bits per heavy atom. The number of anilines is 2. The normalized spacial score (nSPS) is 11.0. The Morgan fingerprint density at radius 3 is 2.39 bits per heavy atom. The highest BCUT2D eigenvalue weighted by atomic mass is 19.4. The average molecular weight is 429 g/mol. The lowest BCUT2D eigenvalue weighted by Gasteiger charge is -2.15. The second-order valence-electron chi connectivity index (χ2n) is 6.37. The lowest BCUT2D eigenvalue weighted by molar-refractivity contribution is -0.137. The van der Waals surface area contributed by atoms with Crippen LogP contribution in [0, 0.1) is 0 Å². The first-order chi connectivity index (χ1) is 14.8. The molecule has 0 spiro atoms. The van der Waals surface area contributed by atoms with Crippen molar-refractivity contribution in [3.8, 4) is 5.75 Å². The molecule has 0 fully saturated rings. The molecule has 0 atom stereocenters. The van der Waals surface area contributed by atoms with Gasteiger partial charge in [0.15, 0.2) is 0 Å². The Hall–Kier alpha value is -3.88. The summed E-state index contributed by atoms with van der Waals surface area (Å²) < 4.78 is 44.5. The van der Waals surface area contributed by atoms with Crippen LogP contribution in [0.15, 0.2) is 67.0 Å². The molecule has 160 valence electrons. The molecule has 0 aliphatic rings. The summed E-state index contributed by atoms with van der Waals surface area (Å²) in [5.41, 5.74) is -0.197. The lowest BCUT2D eigenvalue weighted by Crippen LogP contribution is -2.16. The van der Waals surface area contributed by atoms with E-state index in [1.807, 2.05) is 0 Å². The van der Waals surface area contributed by atoms with E-state index in [0.29, 0.717) is 11.3 Å². The molecule has 3 aromatic rings. The van der Waals surface area contributed by atoms with Gasteiger partial charge < -0.3 is 15.4 Å². The van der Waals surface area contributed by atoms with E-state index < -0.39 is 23.6 Å². The Bertz CT molecular complexity index is 1090. The van der Waals surface area contributed by atoms with E-state index in [-0.39, 0.29) is 23.6 Å². The van der Waals surface area contributed by atoms with E-state index in [4.69, 9.17) is 4.74 Å². The molecular formula is C22H18F3N3O3. The number of amides is 2. The maximum atomic E-state index is 13.1. The number of nitrogens with zero attached hydrogens (tertiary/aromatic N) is 1. The van der Waals surface area contributed by atoms with E-state index in [0.717, 1.165) is 18.2 Å². The average Bonchev–Trinajstić information content (AvgIpc) is 2.75. The van der Waals surface area contributed by atoms with Gasteiger partial charge in [0.05, 0.1) is 23.4 Å². The minimum atomic E-state index is -4.57. The number of aromatic nitrogens is 1. The number of rotatable bonds is 6. The highest BCUT2D eigenvalue weighted by molar-refractivity contribution is 6.07. The first-order valence-corrected chi connectivity index (χ1v) is 9.24. The molecule has 0 unspecified atom stereocenters. The number of pyridine rings is 1. The fourth-order valence-electron chi connectivity index (χ4n) is 2.72. The number of halogens is 3. The Kier molecular flexibility index (Phi) is 6.54. The second-order valence-corrected chi connectivity index (χ2v) is 6.37. The predicted molar refractivity (Wildman–Crippen MR) is 109 cm³/mol.